The van der Waals surface area contributed by atoms with Crippen LogP contribution >= 0.6 is 11.3 Å². The second-order valence-corrected chi connectivity index (χ2v) is 8.12. The van der Waals surface area contributed by atoms with Crippen molar-refractivity contribution in [3.8, 4) is 0 Å². The van der Waals surface area contributed by atoms with Crippen LogP contribution in [0.1, 0.15) is 59.3 Å². The zero-order chi connectivity index (χ0) is 16.0. The van der Waals surface area contributed by atoms with E-state index in [2.05, 4.69) is 5.38 Å². The van der Waals surface area contributed by atoms with E-state index in [0.29, 0.717) is 6.42 Å². The minimum absolute atomic E-state index is 0.0186. The number of aliphatic hydroxyl groups excluding tert-OH is 1. The molecule has 3 atom stereocenters. The van der Waals surface area contributed by atoms with Crippen LogP contribution in [0.5, 0.6) is 0 Å². The molecule has 4 rings (SSSR count). The van der Waals surface area contributed by atoms with E-state index in [-0.39, 0.29) is 23.7 Å². The van der Waals surface area contributed by atoms with Crippen LogP contribution in [0.4, 0.5) is 0 Å². The Morgan fingerprint density at radius 1 is 1.39 bits per heavy atom. The summed E-state index contributed by atoms with van der Waals surface area (Å²) in [6.07, 6.45) is 7.43. The summed E-state index contributed by atoms with van der Waals surface area (Å²) < 4.78 is 5.86. The maximum Gasteiger partial charge on any atom is 0.264 e. The molecule has 1 N–H and O–H groups in total. The van der Waals surface area contributed by atoms with Gasteiger partial charge in [0.25, 0.3) is 5.91 Å². The molecule has 1 aliphatic heterocycles. The van der Waals surface area contributed by atoms with Gasteiger partial charge in [-0.3, -0.25) is 4.79 Å². The minimum Gasteiger partial charge on any atom is -0.393 e. The predicted octanol–water partition coefficient (Wildman–Crippen LogP) is 2.77. The van der Waals surface area contributed by atoms with Gasteiger partial charge in [-0.25, -0.2) is 0 Å². The molecule has 0 bridgehead atoms. The van der Waals surface area contributed by atoms with E-state index in [1.807, 2.05) is 4.90 Å². The molecule has 23 heavy (non-hydrogen) atoms. The monoisotopic (exact) mass is 335 g/mol. The normalized spacial score (nSPS) is 33.4. The maximum atomic E-state index is 13.2. The van der Waals surface area contributed by atoms with Crippen LogP contribution in [-0.4, -0.2) is 47.3 Å². The molecular formula is C18H25NO3S. The van der Waals surface area contributed by atoms with Crippen molar-refractivity contribution in [2.75, 3.05) is 13.7 Å². The van der Waals surface area contributed by atoms with Gasteiger partial charge in [-0.2, -0.15) is 0 Å². The molecule has 2 aliphatic carbocycles. The van der Waals surface area contributed by atoms with Crippen molar-refractivity contribution < 1.29 is 14.6 Å². The quantitative estimate of drug-likeness (QED) is 0.904. The summed E-state index contributed by atoms with van der Waals surface area (Å²) in [6.45, 7) is 0.747. The van der Waals surface area contributed by atoms with E-state index in [9.17, 15) is 9.90 Å². The molecule has 2 fully saturated rings. The molecule has 0 unspecified atom stereocenters. The first kappa shape index (κ1) is 15.6. The maximum absolute atomic E-state index is 13.2. The number of hydrogen-bond donors (Lipinski definition) is 1. The first-order valence-electron chi connectivity index (χ1n) is 8.78. The number of likely N-dealkylation sites (tertiary alicyclic amines) is 1. The van der Waals surface area contributed by atoms with Crippen LogP contribution in [-0.2, 0) is 17.6 Å². The van der Waals surface area contributed by atoms with Crippen LogP contribution < -0.4 is 0 Å². The topological polar surface area (TPSA) is 49.8 Å². The minimum atomic E-state index is -0.311. The van der Waals surface area contributed by atoms with Crippen LogP contribution in [0.3, 0.4) is 0 Å². The highest BCUT2D eigenvalue weighted by Crippen LogP contribution is 2.43. The number of amides is 1. The van der Waals surface area contributed by atoms with Crippen LogP contribution in [0.15, 0.2) is 5.38 Å². The number of rotatable bonds is 2. The number of thiophene rings is 1. The Bertz CT molecular complexity index is 613. The van der Waals surface area contributed by atoms with E-state index < -0.39 is 0 Å². The molecule has 1 saturated carbocycles. The van der Waals surface area contributed by atoms with Gasteiger partial charge in [0.2, 0.25) is 0 Å². The third-order valence-corrected chi connectivity index (χ3v) is 7.18. The van der Waals surface area contributed by atoms with Crippen LogP contribution in [0.2, 0.25) is 0 Å². The second-order valence-electron chi connectivity index (χ2n) is 7.24. The predicted molar refractivity (Wildman–Crippen MR) is 90.0 cm³/mol. The van der Waals surface area contributed by atoms with Gasteiger partial charge in [-0.15, -0.1) is 11.3 Å². The zero-order valence-corrected chi connectivity index (χ0v) is 14.5. The van der Waals surface area contributed by atoms with E-state index in [4.69, 9.17) is 4.74 Å². The number of carbonyl (C=O) groups excluding carboxylic acids is 1. The summed E-state index contributed by atoms with van der Waals surface area (Å²) >= 11 is 1.61. The molecule has 0 aromatic carbocycles. The number of aliphatic hydroxyl groups is 1. The number of fused-ring (bicyclic) bond motifs is 2. The van der Waals surface area contributed by atoms with E-state index in [1.165, 1.54) is 24.0 Å². The van der Waals surface area contributed by atoms with Gasteiger partial charge in [0.15, 0.2) is 0 Å². The van der Waals surface area contributed by atoms with Crippen molar-refractivity contribution in [1.82, 2.24) is 4.90 Å². The lowest BCUT2D eigenvalue weighted by molar-refractivity contribution is -0.0824. The summed E-state index contributed by atoms with van der Waals surface area (Å²) in [5.74, 6) is 0.163. The average molecular weight is 335 g/mol. The Morgan fingerprint density at radius 3 is 3.04 bits per heavy atom. The van der Waals surface area contributed by atoms with Crippen molar-refractivity contribution in [2.24, 2.45) is 0 Å². The van der Waals surface area contributed by atoms with Gasteiger partial charge in [0.1, 0.15) is 0 Å². The van der Waals surface area contributed by atoms with Crippen molar-refractivity contribution in [2.45, 2.75) is 69.1 Å². The van der Waals surface area contributed by atoms with Gasteiger partial charge in [-0.1, -0.05) is 0 Å². The smallest absolute Gasteiger partial charge is 0.264 e. The van der Waals surface area contributed by atoms with Crippen molar-refractivity contribution in [3.05, 3.63) is 21.4 Å². The molecular weight excluding hydrogens is 310 g/mol. The number of aryl methyl sites for hydroxylation is 1. The SMILES string of the molecule is CO[C@@]12CC[C@H](O)C[C@@H]1N(C(=O)c1scc3c1CCCC3)CC2. The molecule has 1 saturated heterocycles. The van der Waals surface area contributed by atoms with Gasteiger partial charge in [0, 0.05) is 13.7 Å². The number of hydrogen-bond acceptors (Lipinski definition) is 4. The van der Waals surface area contributed by atoms with E-state index in [1.54, 1.807) is 18.4 Å². The standard InChI is InChI=1S/C18H25NO3S/c1-22-18-7-6-13(20)10-15(18)19(9-8-18)17(21)16-14-5-3-2-4-12(14)11-23-16/h11,13,15,20H,2-10H2,1H3/t13-,15-,18+/m0/s1. The fourth-order valence-electron chi connectivity index (χ4n) is 4.75. The van der Waals surface area contributed by atoms with Crippen LogP contribution in [0.25, 0.3) is 0 Å². The highest BCUT2D eigenvalue weighted by molar-refractivity contribution is 7.12. The number of methoxy groups -OCH3 is 1. The highest BCUT2D eigenvalue weighted by atomic mass is 32.1. The van der Waals surface area contributed by atoms with E-state index >= 15 is 0 Å². The fraction of sp³-hybridized carbons (Fsp3) is 0.722. The fourth-order valence-corrected chi connectivity index (χ4v) is 5.86. The Hall–Kier alpha value is -0.910. The Kier molecular flexibility index (Phi) is 3.98. The first-order chi connectivity index (χ1) is 11.1. The second kappa shape index (κ2) is 5.87. The molecule has 126 valence electrons. The number of ether oxygens (including phenoxy) is 1. The highest BCUT2D eigenvalue weighted by Gasteiger charge is 2.52. The van der Waals surface area contributed by atoms with Gasteiger partial charge >= 0.3 is 0 Å². The third kappa shape index (κ3) is 2.44. The summed E-state index contributed by atoms with van der Waals surface area (Å²) in [5.41, 5.74) is 2.43. The number of carbonyl (C=O) groups is 1. The Morgan fingerprint density at radius 2 is 2.22 bits per heavy atom. The van der Waals surface area contributed by atoms with Crippen molar-refractivity contribution in [1.29, 1.82) is 0 Å². The third-order valence-electron chi connectivity index (χ3n) is 6.12. The molecule has 0 radical (unpaired) electrons. The molecule has 2 heterocycles. The summed E-state index contributed by atoms with van der Waals surface area (Å²) in [5, 5.41) is 12.3. The summed E-state index contributed by atoms with van der Waals surface area (Å²) in [7, 11) is 1.76. The van der Waals surface area contributed by atoms with E-state index in [0.717, 1.165) is 43.5 Å². The molecule has 4 nitrogen and oxygen atoms in total. The average Bonchev–Trinajstić information content (AvgIpc) is 3.16. The van der Waals surface area contributed by atoms with Crippen molar-refractivity contribution >= 4 is 17.2 Å². The molecule has 1 aromatic rings. The molecule has 1 amide bonds. The molecule has 5 heteroatoms. The Balaban J connectivity index is 1.62. The molecule has 0 spiro atoms. The largest absolute Gasteiger partial charge is 0.393 e. The van der Waals surface area contributed by atoms with Gasteiger partial charge in [-0.05, 0) is 67.9 Å². The van der Waals surface area contributed by atoms with Crippen LogP contribution in [0, 0.1) is 0 Å². The van der Waals surface area contributed by atoms with Gasteiger partial charge in [0.05, 0.1) is 22.6 Å². The van der Waals surface area contributed by atoms with Gasteiger partial charge < -0.3 is 14.7 Å². The lowest BCUT2D eigenvalue weighted by Gasteiger charge is -2.42. The zero-order valence-electron chi connectivity index (χ0n) is 13.7. The lowest BCUT2D eigenvalue weighted by Crippen LogP contribution is -2.52. The summed E-state index contributed by atoms with van der Waals surface area (Å²) in [4.78, 5) is 16.1. The first-order valence-corrected chi connectivity index (χ1v) is 9.66. The lowest BCUT2D eigenvalue weighted by atomic mass is 9.79. The number of nitrogens with zero attached hydrogens (tertiary/aromatic N) is 1. The molecule has 3 aliphatic rings. The Labute approximate surface area is 141 Å². The summed E-state index contributed by atoms with van der Waals surface area (Å²) in [6, 6.07) is 0.0186. The van der Waals surface area contributed by atoms with Crippen molar-refractivity contribution in [3.63, 3.8) is 0 Å². The molecule has 1 aromatic heterocycles.